The molecule has 0 aromatic carbocycles. The Morgan fingerprint density at radius 1 is 1.12 bits per heavy atom. The first kappa shape index (κ1) is 12.3. The van der Waals surface area contributed by atoms with E-state index in [0.717, 1.165) is 32.0 Å². The minimum absolute atomic E-state index is 0.375. The molecule has 2 fully saturated rings. The van der Waals surface area contributed by atoms with Gasteiger partial charge in [-0.3, -0.25) is 0 Å². The van der Waals surface area contributed by atoms with Gasteiger partial charge in [0.25, 0.3) is 0 Å². The van der Waals surface area contributed by atoms with Gasteiger partial charge in [-0.15, -0.1) is 0 Å². The zero-order valence-corrected chi connectivity index (χ0v) is 10.2. The van der Waals surface area contributed by atoms with Crippen LogP contribution in [0.1, 0.15) is 44.9 Å². The molecule has 0 bridgehead atoms. The molecule has 1 aliphatic carbocycles. The van der Waals surface area contributed by atoms with Crippen molar-refractivity contribution in [2.45, 2.75) is 51.0 Å². The van der Waals surface area contributed by atoms with Crippen LogP contribution in [-0.2, 0) is 9.47 Å². The van der Waals surface area contributed by atoms with Crippen molar-refractivity contribution < 1.29 is 9.47 Å². The van der Waals surface area contributed by atoms with Gasteiger partial charge in [0.15, 0.2) is 0 Å². The summed E-state index contributed by atoms with van der Waals surface area (Å²) in [6, 6.07) is 0. The molecule has 3 heteroatoms. The summed E-state index contributed by atoms with van der Waals surface area (Å²) in [7, 11) is 0. The first-order valence-electron chi connectivity index (χ1n) is 6.85. The van der Waals surface area contributed by atoms with Crippen molar-refractivity contribution in [2.75, 3.05) is 26.5 Å². The van der Waals surface area contributed by atoms with Crippen LogP contribution in [0, 0.1) is 5.92 Å². The Morgan fingerprint density at radius 2 is 2.00 bits per heavy atom. The smallest absolute Gasteiger partial charge is 0.147 e. The molecule has 3 nitrogen and oxygen atoms in total. The predicted molar refractivity (Wildman–Crippen MR) is 64.4 cm³/mol. The summed E-state index contributed by atoms with van der Waals surface area (Å²) in [6.07, 6.45) is 10.0. The molecule has 1 aliphatic heterocycles. The molecule has 2 aliphatic rings. The van der Waals surface area contributed by atoms with Gasteiger partial charge in [0, 0.05) is 6.54 Å². The summed E-state index contributed by atoms with van der Waals surface area (Å²) in [5.74, 6) is 1.03. The maximum absolute atomic E-state index is 5.47. The molecule has 1 unspecified atom stereocenters. The largest absolute Gasteiger partial charge is 0.355 e. The molecule has 1 atom stereocenters. The zero-order chi connectivity index (χ0) is 11.1. The Bertz CT molecular complexity index is 175. The van der Waals surface area contributed by atoms with Crippen LogP contribution in [0.15, 0.2) is 0 Å². The van der Waals surface area contributed by atoms with Crippen LogP contribution < -0.4 is 5.32 Å². The topological polar surface area (TPSA) is 30.5 Å². The van der Waals surface area contributed by atoms with Gasteiger partial charge < -0.3 is 14.8 Å². The lowest BCUT2D eigenvalue weighted by atomic mass is 10.0. The van der Waals surface area contributed by atoms with E-state index in [1.165, 1.54) is 38.5 Å². The molecular weight excluding hydrogens is 202 g/mol. The molecule has 16 heavy (non-hydrogen) atoms. The second-order valence-corrected chi connectivity index (χ2v) is 5.10. The van der Waals surface area contributed by atoms with Crippen LogP contribution in [0.4, 0.5) is 0 Å². The van der Waals surface area contributed by atoms with E-state index < -0.39 is 0 Å². The number of rotatable bonds is 6. The summed E-state index contributed by atoms with van der Waals surface area (Å²) in [6.45, 7) is 3.48. The molecule has 1 saturated carbocycles. The maximum atomic E-state index is 5.47. The lowest BCUT2D eigenvalue weighted by Crippen LogP contribution is -2.34. The second-order valence-electron chi connectivity index (χ2n) is 5.10. The lowest BCUT2D eigenvalue weighted by Gasteiger charge is -2.23. The van der Waals surface area contributed by atoms with Crippen molar-refractivity contribution in [3.63, 3.8) is 0 Å². The highest BCUT2D eigenvalue weighted by Gasteiger charge is 2.15. The molecule has 0 aromatic rings. The van der Waals surface area contributed by atoms with E-state index in [1.807, 2.05) is 0 Å². The molecule has 0 amide bonds. The molecule has 1 N–H and O–H groups in total. The van der Waals surface area contributed by atoms with Crippen LogP contribution in [0.2, 0.25) is 0 Å². The SMILES string of the molecule is C1CCC(CCCNCC2CCOCO2)C1. The summed E-state index contributed by atoms with van der Waals surface area (Å²) in [4.78, 5) is 0. The van der Waals surface area contributed by atoms with Crippen LogP contribution in [0.25, 0.3) is 0 Å². The van der Waals surface area contributed by atoms with Crippen LogP contribution in [0.3, 0.4) is 0 Å². The monoisotopic (exact) mass is 227 g/mol. The van der Waals surface area contributed by atoms with Gasteiger partial charge >= 0.3 is 0 Å². The third-order valence-electron chi connectivity index (χ3n) is 3.78. The number of ether oxygens (including phenoxy) is 2. The second kappa shape index (κ2) is 7.25. The Kier molecular flexibility index (Phi) is 5.59. The van der Waals surface area contributed by atoms with Gasteiger partial charge in [-0.25, -0.2) is 0 Å². The molecule has 94 valence electrons. The molecule has 0 radical (unpaired) electrons. The van der Waals surface area contributed by atoms with Gasteiger partial charge in [0.2, 0.25) is 0 Å². The normalized spacial score (nSPS) is 27.4. The molecule has 0 aromatic heterocycles. The Hall–Kier alpha value is -0.120. The minimum Gasteiger partial charge on any atom is -0.355 e. The van der Waals surface area contributed by atoms with Gasteiger partial charge in [-0.1, -0.05) is 25.7 Å². The zero-order valence-electron chi connectivity index (χ0n) is 10.2. The van der Waals surface area contributed by atoms with Crippen LogP contribution >= 0.6 is 0 Å². The van der Waals surface area contributed by atoms with Gasteiger partial charge in [-0.05, 0) is 31.7 Å². The fraction of sp³-hybridized carbons (Fsp3) is 1.00. The van der Waals surface area contributed by atoms with E-state index in [2.05, 4.69) is 5.32 Å². The maximum Gasteiger partial charge on any atom is 0.147 e. The van der Waals surface area contributed by atoms with Crippen molar-refractivity contribution >= 4 is 0 Å². The molecule has 0 spiro atoms. The number of hydrogen-bond donors (Lipinski definition) is 1. The minimum atomic E-state index is 0.375. The van der Waals surface area contributed by atoms with Crippen LogP contribution in [0.5, 0.6) is 0 Å². The summed E-state index contributed by atoms with van der Waals surface area (Å²) in [5, 5.41) is 3.50. The summed E-state index contributed by atoms with van der Waals surface area (Å²) >= 11 is 0. The highest BCUT2D eigenvalue weighted by atomic mass is 16.7. The standard InChI is InChI=1S/C13H25NO2/c1-2-5-12(4-1)6-3-8-14-10-13-7-9-15-11-16-13/h12-14H,1-11H2. The fourth-order valence-electron chi connectivity index (χ4n) is 2.74. The molecule has 1 heterocycles. The van der Waals surface area contributed by atoms with Gasteiger partial charge in [-0.2, -0.15) is 0 Å². The highest BCUT2D eigenvalue weighted by molar-refractivity contribution is 4.68. The quantitative estimate of drug-likeness (QED) is 0.706. The van der Waals surface area contributed by atoms with Crippen molar-refractivity contribution in [1.82, 2.24) is 5.32 Å². The fourth-order valence-corrected chi connectivity index (χ4v) is 2.74. The predicted octanol–water partition coefficient (Wildman–Crippen LogP) is 2.31. The third-order valence-corrected chi connectivity index (χ3v) is 3.78. The van der Waals surface area contributed by atoms with E-state index in [4.69, 9.17) is 9.47 Å². The summed E-state index contributed by atoms with van der Waals surface area (Å²) in [5.41, 5.74) is 0. The number of hydrogen-bond acceptors (Lipinski definition) is 3. The Balaban J connectivity index is 1.42. The number of nitrogens with one attached hydrogen (secondary N) is 1. The van der Waals surface area contributed by atoms with Crippen molar-refractivity contribution in [1.29, 1.82) is 0 Å². The van der Waals surface area contributed by atoms with Crippen LogP contribution in [-0.4, -0.2) is 32.6 Å². The first-order valence-corrected chi connectivity index (χ1v) is 6.85. The molecular formula is C13H25NO2. The van der Waals surface area contributed by atoms with Crippen molar-refractivity contribution in [3.05, 3.63) is 0 Å². The lowest BCUT2D eigenvalue weighted by molar-refractivity contribution is -0.137. The van der Waals surface area contributed by atoms with E-state index in [-0.39, 0.29) is 0 Å². The molecule has 2 rings (SSSR count). The van der Waals surface area contributed by atoms with Gasteiger partial charge in [0.1, 0.15) is 6.79 Å². The average molecular weight is 227 g/mol. The molecule has 1 saturated heterocycles. The van der Waals surface area contributed by atoms with E-state index in [9.17, 15) is 0 Å². The Morgan fingerprint density at radius 3 is 2.75 bits per heavy atom. The van der Waals surface area contributed by atoms with E-state index in [1.54, 1.807) is 0 Å². The third kappa shape index (κ3) is 4.40. The van der Waals surface area contributed by atoms with Gasteiger partial charge in [0.05, 0.1) is 12.7 Å². The Labute approximate surface area is 98.9 Å². The van der Waals surface area contributed by atoms with E-state index >= 15 is 0 Å². The van der Waals surface area contributed by atoms with Crippen molar-refractivity contribution in [3.8, 4) is 0 Å². The first-order chi connectivity index (χ1) is 7.95. The highest BCUT2D eigenvalue weighted by Crippen LogP contribution is 2.28. The average Bonchev–Trinajstić information content (AvgIpc) is 2.83. The summed E-state index contributed by atoms with van der Waals surface area (Å²) < 4.78 is 10.6. The van der Waals surface area contributed by atoms with Crippen molar-refractivity contribution in [2.24, 2.45) is 5.92 Å². The van der Waals surface area contributed by atoms with E-state index in [0.29, 0.717) is 12.9 Å².